The summed E-state index contributed by atoms with van der Waals surface area (Å²) in [6.07, 6.45) is -1.07. The van der Waals surface area contributed by atoms with Crippen molar-refractivity contribution in [3.63, 3.8) is 0 Å². The van der Waals surface area contributed by atoms with Crippen LogP contribution in [0.25, 0.3) is 10.8 Å². The number of nitro groups is 1. The van der Waals surface area contributed by atoms with Crippen molar-refractivity contribution in [2.24, 2.45) is 0 Å². The molecule has 2 N–H and O–H groups in total. The van der Waals surface area contributed by atoms with Crippen LogP contribution in [0.4, 0.5) is 5.69 Å². The Morgan fingerprint density at radius 2 is 1.64 bits per heavy atom. The number of aromatic nitrogens is 2. The van der Waals surface area contributed by atoms with Gasteiger partial charge >= 0.3 is 0 Å². The third-order valence-corrected chi connectivity index (χ3v) is 5.20. The predicted molar refractivity (Wildman–Crippen MR) is 122 cm³/mol. The van der Waals surface area contributed by atoms with Gasteiger partial charge in [0, 0.05) is 24.1 Å². The minimum absolute atomic E-state index is 0.0667. The van der Waals surface area contributed by atoms with Gasteiger partial charge in [0.05, 0.1) is 23.0 Å². The molecule has 0 aliphatic heterocycles. The summed E-state index contributed by atoms with van der Waals surface area (Å²) in [4.78, 5) is 36.1. The van der Waals surface area contributed by atoms with Gasteiger partial charge in [-0.3, -0.25) is 19.7 Å². The first-order valence-electron chi connectivity index (χ1n) is 10.2. The summed E-state index contributed by atoms with van der Waals surface area (Å²) in [5.41, 5.74) is 0.954. The highest BCUT2D eigenvalue weighted by Gasteiger charge is 2.18. The highest BCUT2D eigenvalue weighted by Crippen LogP contribution is 2.18. The number of nitro benzene ring substituents is 1. The van der Waals surface area contributed by atoms with Crippen LogP contribution in [0.3, 0.4) is 0 Å². The molecule has 4 aromatic rings. The topological polar surface area (TPSA) is 127 Å². The molecule has 33 heavy (non-hydrogen) atoms. The van der Waals surface area contributed by atoms with Gasteiger partial charge in [-0.15, -0.1) is 0 Å². The molecule has 3 aromatic carbocycles. The Hall–Kier alpha value is -4.37. The van der Waals surface area contributed by atoms with E-state index >= 15 is 0 Å². The lowest BCUT2D eigenvalue weighted by atomic mass is 10.1. The summed E-state index contributed by atoms with van der Waals surface area (Å²) in [6.45, 7) is 0.0701. The lowest BCUT2D eigenvalue weighted by Crippen LogP contribution is -2.33. The van der Waals surface area contributed by atoms with Crippen molar-refractivity contribution in [2.45, 2.75) is 12.6 Å². The van der Waals surface area contributed by atoms with Crippen LogP contribution in [-0.2, 0) is 6.54 Å². The quantitative estimate of drug-likeness (QED) is 0.333. The Balaban J connectivity index is 1.58. The molecule has 1 unspecified atom stereocenters. The van der Waals surface area contributed by atoms with Crippen LogP contribution in [-0.4, -0.2) is 32.3 Å². The lowest BCUT2D eigenvalue weighted by Gasteiger charge is -2.14. The summed E-state index contributed by atoms with van der Waals surface area (Å²) in [5, 5.41) is 28.9. The van der Waals surface area contributed by atoms with E-state index in [2.05, 4.69) is 10.4 Å². The van der Waals surface area contributed by atoms with Crippen LogP contribution in [0.15, 0.2) is 83.7 Å². The van der Waals surface area contributed by atoms with Crippen LogP contribution in [0.2, 0.25) is 0 Å². The van der Waals surface area contributed by atoms with Crippen LogP contribution >= 0.6 is 0 Å². The Morgan fingerprint density at radius 1 is 1.00 bits per heavy atom. The lowest BCUT2D eigenvalue weighted by molar-refractivity contribution is -0.384. The average Bonchev–Trinajstić information content (AvgIpc) is 2.84. The summed E-state index contributed by atoms with van der Waals surface area (Å²) in [6, 6.07) is 21.5. The molecule has 0 bridgehead atoms. The molecule has 1 atom stereocenters. The van der Waals surface area contributed by atoms with Crippen molar-refractivity contribution in [3.05, 3.63) is 116 Å². The largest absolute Gasteiger partial charge is 0.387 e. The molecule has 1 amide bonds. The predicted octanol–water partition coefficient (Wildman–Crippen LogP) is 2.82. The second-order valence-electron chi connectivity index (χ2n) is 7.42. The maximum Gasteiger partial charge on any atom is 0.274 e. The van der Waals surface area contributed by atoms with E-state index in [1.807, 2.05) is 30.3 Å². The summed E-state index contributed by atoms with van der Waals surface area (Å²) in [7, 11) is 0. The minimum Gasteiger partial charge on any atom is -0.387 e. The van der Waals surface area contributed by atoms with Gasteiger partial charge in [-0.25, -0.2) is 4.68 Å². The fourth-order valence-electron chi connectivity index (χ4n) is 3.48. The monoisotopic (exact) mass is 444 g/mol. The van der Waals surface area contributed by atoms with Gasteiger partial charge in [-0.05, 0) is 29.3 Å². The molecule has 1 aromatic heterocycles. The Kier molecular flexibility index (Phi) is 6.23. The van der Waals surface area contributed by atoms with Gasteiger partial charge in [0.2, 0.25) is 0 Å². The van der Waals surface area contributed by atoms with Crippen molar-refractivity contribution in [2.75, 3.05) is 6.54 Å². The van der Waals surface area contributed by atoms with Gasteiger partial charge in [-0.1, -0.05) is 48.5 Å². The second-order valence-corrected chi connectivity index (χ2v) is 7.42. The van der Waals surface area contributed by atoms with E-state index in [1.54, 1.807) is 24.3 Å². The molecule has 9 nitrogen and oxygen atoms in total. The third-order valence-electron chi connectivity index (χ3n) is 5.20. The number of nitrogens with zero attached hydrogens (tertiary/aromatic N) is 3. The molecule has 0 aliphatic carbocycles. The fraction of sp³-hybridized carbons (Fsp3) is 0.125. The zero-order valence-corrected chi connectivity index (χ0v) is 17.4. The summed E-state index contributed by atoms with van der Waals surface area (Å²) >= 11 is 0. The van der Waals surface area contributed by atoms with Crippen molar-refractivity contribution in [1.82, 2.24) is 15.1 Å². The zero-order chi connectivity index (χ0) is 23.4. The highest BCUT2D eigenvalue weighted by molar-refractivity contribution is 6.04. The van der Waals surface area contributed by atoms with E-state index in [1.165, 1.54) is 28.9 Å². The van der Waals surface area contributed by atoms with Crippen molar-refractivity contribution in [1.29, 1.82) is 0 Å². The third kappa shape index (κ3) is 4.78. The van der Waals surface area contributed by atoms with Crippen LogP contribution in [0.1, 0.15) is 27.7 Å². The zero-order valence-electron chi connectivity index (χ0n) is 17.4. The van der Waals surface area contributed by atoms with E-state index in [-0.39, 0.29) is 30.0 Å². The normalized spacial score (nSPS) is 11.8. The first kappa shape index (κ1) is 21.8. The number of aliphatic hydroxyl groups is 1. The molecule has 0 spiro atoms. The number of benzene rings is 3. The molecule has 1 heterocycles. The average molecular weight is 444 g/mol. The molecule has 0 saturated heterocycles. The van der Waals surface area contributed by atoms with Crippen molar-refractivity contribution >= 4 is 22.4 Å². The van der Waals surface area contributed by atoms with Crippen LogP contribution in [0.5, 0.6) is 0 Å². The van der Waals surface area contributed by atoms with Crippen molar-refractivity contribution < 1.29 is 14.8 Å². The smallest absolute Gasteiger partial charge is 0.274 e. The van der Waals surface area contributed by atoms with Gasteiger partial charge in [0.1, 0.15) is 0 Å². The number of hydrogen-bond donors (Lipinski definition) is 2. The molecule has 0 aliphatic rings. The van der Waals surface area contributed by atoms with Gasteiger partial charge < -0.3 is 10.4 Å². The molecule has 0 saturated carbocycles. The minimum atomic E-state index is -1.07. The molecular formula is C24H20N4O5. The summed E-state index contributed by atoms with van der Waals surface area (Å²) in [5.74, 6) is -0.547. The molecule has 0 fully saturated rings. The number of hydrogen-bond acceptors (Lipinski definition) is 6. The molecule has 0 radical (unpaired) electrons. The maximum atomic E-state index is 13.0. The van der Waals surface area contributed by atoms with Crippen LogP contribution in [0, 0.1) is 10.1 Å². The molecule has 4 rings (SSSR count). The number of carbonyl (C=O) groups is 1. The van der Waals surface area contributed by atoms with Crippen molar-refractivity contribution in [3.8, 4) is 0 Å². The number of aliphatic hydroxyl groups excluding tert-OH is 1. The number of nitrogens with one attached hydrogen (secondary N) is 1. The van der Waals surface area contributed by atoms with E-state index in [0.29, 0.717) is 16.3 Å². The van der Waals surface area contributed by atoms with Gasteiger partial charge in [0.25, 0.3) is 17.2 Å². The first-order valence-corrected chi connectivity index (χ1v) is 10.2. The number of non-ortho nitro benzene ring substituents is 1. The Morgan fingerprint density at radius 3 is 2.30 bits per heavy atom. The van der Waals surface area contributed by atoms with Gasteiger partial charge in [-0.2, -0.15) is 5.10 Å². The van der Waals surface area contributed by atoms with E-state index in [4.69, 9.17) is 0 Å². The van der Waals surface area contributed by atoms with E-state index < -0.39 is 16.9 Å². The summed E-state index contributed by atoms with van der Waals surface area (Å²) < 4.78 is 1.25. The first-order chi connectivity index (χ1) is 15.9. The number of amides is 1. The Labute approximate surface area is 188 Å². The molecule has 166 valence electrons. The highest BCUT2D eigenvalue weighted by atomic mass is 16.6. The molecular weight excluding hydrogens is 424 g/mol. The number of fused-ring (bicyclic) bond motifs is 1. The number of carbonyl (C=O) groups excluding carboxylic acids is 1. The standard InChI is InChI=1S/C24H20N4O5/c29-21(17-10-12-18(13-11-17)28(32)33)14-25-23(30)22-19-8-4-5-9-20(19)24(31)27(26-22)15-16-6-2-1-3-7-16/h1-13,21,29H,14-15H2,(H,25,30). The fourth-order valence-corrected chi connectivity index (χ4v) is 3.48. The van der Waals surface area contributed by atoms with E-state index in [0.717, 1.165) is 5.56 Å². The second kappa shape index (κ2) is 9.41. The van der Waals surface area contributed by atoms with E-state index in [9.17, 15) is 24.8 Å². The van der Waals surface area contributed by atoms with Crippen LogP contribution < -0.4 is 10.9 Å². The van der Waals surface area contributed by atoms with Gasteiger partial charge in [0.15, 0.2) is 5.69 Å². The SMILES string of the molecule is O=C(NCC(O)c1ccc([N+](=O)[O-])cc1)c1nn(Cc2ccccc2)c(=O)c2ccccc12. The maximum absolute atomic E-state index is 13.0. The Bertz CT molecular complexity index is 1370. The number of rotatable bonds is 7. The molecule has 9 heteroatoms.